The summed E-state index contributed by atoms with van der Waals surface area (Å²) in [6.45, 7) is 12.0. The second-order valence-corrected chi connectivity index (χ2v) is 6.89. The smallest absolute Gasteiger partial charge is 0.000989 e. The van der Waals surface area contributed by atoms with E-state index in [9.17, 15) is 0 Å². The fourth-order valence-corrected chi connectivity index (χ4v) is 3.08. The maximum absolute atomic E-state index is 3.61. The van der Waals surface area contributed by atoms with Crippen LogP contribution in [0.25, 0.3) is 0 Å². The van der Waals surface area contributed by atoms with E-state index in [0.29, 0.717) is 10.8 Å². The zero-order chi connectivity index (χ0) is 11.5. The number of hydrogen-bond donors (Lipinski definition) is 1. The third-order valence-corrected chi connectivity index (χ3v) is 5.32. The minimum absolute atomic E-state index is 0.541. The summed E-state index contributed by atoms with van der Waals surface area (Å²) in [4.78, 5) is 0. The Kier molecular flexibility index (Phi) is 4.54. The molecule has 0 amide bonds. The molecule has 0 aromatic carbocycles. The molecular weight excluding hydrogens is 202 g/mol. The fraction of sp³-hybridized carbons (Fsp3) is 1.00. The second kappa shape index (κ2) is 5.09. The maximum Gasteiger partial charge on any atom is -0.000989 e. The van der Waals surface area contributed by atoms with Gasteiger partial charge in [-0.2, -0.15) is 11.8 Å². The molecule has 0 atom stereocenters. The van der Waals surface area contributed by atoms with Crippen LogP contribution in [0.1, 0.15) is 40.5 Å². The summed E-state index contributed by atoms with van der Waals surface area (Å²) in [5.41, 5.74) is 1.08. The molecule has 1 fully saturated rings. The van der Waals surface area contributed by atoms with Gasteiger partial charge in [0, 0.05) is 0 Å². The molecule has 0 aromatic heterocycles. The van der Waals surface area contributed by atoms with Gasteiger partial charge in [-0.05, 0) is 54.7 Å². The molecule has 2 heteroatoms. The van der Waals surface area contributed by atoms with Crippen LogP contribution in [0.4, 0.5) is 0 Å². The van der Waals surface area contributed by atoms with Crippen LogP contribution in [0.3, 0.4) is 0 Å². The highest BCUT2D eigenvalue weighted by molar-refractivity contribution is 7.98. The van der Waals surface area contributed by atoms with Crippen molar-refractivity contribution in [3.63, 3.8) is 0 Å². The van der Waals surface area contributed by atoms with Crippen LogP contribution in [0.2, 0.25) is 0 Å². The highest BCUT2D eigenvalue weighted by Gasteiger charge is 2.63. The Balaban J connectivity index is 2.03. The summed E-state index contributed by atoms with van der Waals surface area (Å²) >= 11 is 1.95. The zero-order valence-corrected chi connectivity index (χ0v) is 11.8. The number of unbranched alkanes of at least 4 members (excludes halogenated alkanes) is 1. The van der Waals surface area contributed by atoms with Gasteiger partial charge in [-0.1, -0.05) is 27.7 Å². The zero-order valence-electron chi connectivity index (χ0n) is 11.0. The van der Waals surface area contributed by atoms with Gasteiger partial charge >= 0.3 is 0 Å². The molecule has 0 aliphatic heterocycles. The summed E-state index contributed by atoms with van der Waals surface area (Å²) in [7, 11) is 0. The Bertz CT molecular complexity index is 185. The highest BCUT2D eigenvalue weighted by atomic mass is 32.2. The summed E-state index contributed by atoms with van der Waals surface area (Å²) in [6.07, 6.45) is 4.86. The normalized spacial score (nSPS) is 23.0. The fourth-order valence-electron chi connectivity index (χ4n) is 2.59. The molecule has 0 saturated heterocycles. The largest absolute Gasteiger partial charge is 0.316 e. The molecule has 0 aromatic rings. The first kappa shape index (κ1) is 13.4. The van der Waals surface area contributed by atoms with Crippen molar-refractivity contribution in [3.8, 4) is 0 Å². The summed E-state index contributed by atoms with van der Waals surface area (Å²) in [5, 5.41) is 3.61. The van der Waals surface area contributed by atoms with Crippen LogP contribution in [-0.4, -0.2) is 25.1 Å². The van der Waals surface area contributed by atoms with Crippen molar-refractivity contribution in [2.75, 3.05) is 25.1 Å². The highest BCUT2D eigenvalue weighted by Crippen LogP contribution is 2.67. The van der Waals surface area contributed by atoms with Gasteiger partial charge in [0.25, 0.3) is 0 Å². The van der Waals surface area contributed by atoms with E-state index in [1.807, 2.05) is 11.8 Å². The van der Waals surface area contributed by atoms with Crippen molar-refractivity contribution in [2.45, 2.75) is 40.5 Å². The summed E-state index contributed by atoms with van der Waals surface area (Å²) in [5.74, 6) is 2.17. The van der Waals surface area contributed by atoms with Gasteiger partial charge in [-0.25, -0.2) is 0 Å². The van der Waals surface area contributed by atoms with Crippen LogP contribution in [0, 0.1) is 16.7 Å². The molecule has 0 radical (unpaired) electrons. The predicted molar refractivity (Wildman–Crippen MR) is 71.5 cm³/mol. The Hall–Kier alpha value is 0.310. The molecule has 1 nitrogen and oxygen atoms in total. The first-order chi connectivity index (χ1) is 6.94. The van der Waals surface area contributed by atoms with Crippen LogP contribution >= 0.6 is 11.8 Å². The third-order valence-electron chi connectivity index (χ3n) is 4.62. The Morgan fingerprint density at radius 1 is 1.07 bits per heavy atom. The average molecular weight is 229 g/mol. The topological polar surface area (TPSA) is 12.0 Å². The van der Waals surface area contributed by atoms with E-state index in [1.165, 1.54) is 31.7 Å². The molecule has 0 unspecified atom stereocenters. The predicted octanol–water partition coefficient (Wildman–Crippen LogP) is 3.40. The van der Waals surface area contributed by atoms with Crippen molar-refractivity contribution in [2.24, 2.45) is 16.7 Å². The molecule has 1 saturated carbocycles. The van der Waals surface area contributed by atoms with E-state index in [1.54, 1.807) is 0 Å². The lowest BCUT2D eigenvalue weighted by atomic mass is 10.0. The van der Waals surface area contributed by atoms with Gasteiger partial charge in [0.15, 0.2) is 0 Å². The molecule has 0 heterocycles. The van der Waals surface area contributed by atoms with E-state index in [2.05, 4.69) is 39.3 Å². The monoisotopic (exact) mass is 229 g/mol. The van der Waals surface area contributed by atoms with Crippen LogP contribution in [0.5, 0.6) is 0 Å². The van der Waals surface area contributed by atoms with Gasteiger partial charge in [0.1, 0.15) is 0 Å². The van der Waals surface area contributed by atoms with Crippen molar-refractivity contribution in [1.29, 1.82) is 0 Å². The number of hydrogen-bond acceptors (Lipinski definition) is 2. The minimum atomic E-state index is 0.541. The Labute approximate surface area is 99.8 Å². The van der Waals surface area contributed by atoms with Crippen molar-refractivity contribution in [3.05, 3.63) is 0 Å². The second-order valence-electron chi connectivity index (χ2n) is 5.90. The number of nitrogens with one attached hydrogen (secondary N) is 1. The molecule has 1 aliphatic rings. The average Bonchev–Trinajstić information content (AvgIpc) is 2.52. The third kappa shape index (κ3) is 2.91. The summed E-state index contributed by atoms with van der Waals surface area (Å²) in [6, 6.07) is 0. The molecule has 90 valence electrons. The SMILES string of the molecule is CSCCCCNCC1C(C)(C)C1(C)C. The summed E-state index contributed by atoms with van der Waals surface area (Å²) < 4.78 is 0. The van der Waals surface area contributed by atoms with Gasteiger partial charge in [-0.3, -0.25) is 0 Å². The lowest BCUT2D eigenvalue weighted by Crippen LogP contribution is -2.20. The first-order valence-electron chi connectivity index (χ1n) is 6.14. The number of rotatable bonds is 7. The van der Waals surface area contributed by atoms with Crippen molar-refractivity contribution in [1.82, 2.24) is 5.32 Å². The Morgan fingerprint density at radius 3 is 2.13 bits per heavy atom. The standard InChI is InChI=1S/C13H27NS/c1-12(2)11(13(12,3)4)10-14-8-6-7-9-15-5/h11,14H,6-10H2,1-5H3. The van der Waals surface area contributed by atoms with E-state index in [0.717, 1.165) is 5.92 Å². The molecule has 0 spiro atoms. The van der Waals surface area contributed by atoms with E-state index in [4.69, 9.17) is 0 Å². The van der Waals surface area contributed by atoms with E-state index in [-0.39, 0.29) is 0 Å². The lowest BCUT2D eigenvalue weighted by Gasteiger charge is -2.05. The van der Waals surface area contributed by atoms with Crippen molar-refractivity contribution >= 4 is 11.8 Å². The van der Waals surface area contributed by atoms with E-state index < -0.39 is 0 Å². The number of thioether (sulfide) groups is 1. The van der Waals surface area contributed by atoms with Gasteiger partial charge in [-0.15, -0.1) is 0 Å². The molecule has 0 bridgehead atoms. The van der Waals surface area contributed by atoms with Crippen LogP contribution in [-0.2, 0) is 0 Å². The van der Waals surface area contributed by atoms with Crippen molar-refractivity contribution < 1.29 is 0 Å². The molecular formula is C13H27NS. The quantitative estimate of drug-likeness (QED) is 0.672. The molecule has 1 aliphatic carbocycles. The van der Waals surface area contributed by atoms with Gasteiger partial charge in [0.2, 0.25) is 0 Å². The van der Waals surface area contributed by atoms with Gasteiger partial charge in [0.05, 0.1) is 0 Å². The Morgan fingerprint density at radius 2 is 1.67 bits per heavy atom. The molecule has 1 rings (SSSR count). The lowest BCUT2D eigenvalue weighted by molar-refractivity contribution is 0.457. The molecule has 15 heavy (non-hydrogen) atoms. The minimum Gasteiger partial charge on any atom is -0.316 e. The van der Waals surface area contributed by atoms with Crippen LogP contribution < -0.4 is 5.32 Å². The van der Waals surface area contributed by atoms with Gasteiger partial charge < -0.3 is 5.32 Å². The first-order valence-corrected chi connectivity index (χ1v) is 7.53. The molecule has 1 N–H and O–H groups in total. The maximum atomic E-state index is 3.61. The van der Waals surface area contributed by atoms with Crippen LogP contribution in [0.15, 0.2) is 0 Å². The van der Waals surface area contributed by atoms with E-state index >= 15 is 0 Å².